The Hall–Kier alpha value is -1.13. The minimum Gasteiger partial charge on any atom is -0.490 e. The maximum absolute atomic E-state index is 5.60. The normalized spacial score (nSPS) is 11.3. The van der Waals surface area contributed by atoms with Crippen molar-refractivity contribution in [2.75, 3.05) is 26.4 Å². The molecule has 1 heterocycles. The number of aromatic nitrogens is 1. The third-order valence-electron chi connectivity index (χ3n) is 2.99. The van der Waals surface area contributed by atoms with E-state index in [0.717, 1.165) is 37.6 Å². The molecule has 1 rings (SSSR count). The van der Waals surface area contributed by atoms with Gasteiger partial charge in [-0.25, -0.2) is 0 Å². The summed E-state index contributed by atoms with van der Waals surface area (Å²) in [6.45, 7) is 12.6. The van der Waals surface area contributed by atoms with Gasteiger partial charge in [-0.1, -0.05) is 27.7 Å². The Morgan fingerprint density at radius 2 is 1.86 bits per heavy atom. The van der Waals surface area contributed by atoms with E-state index in [9.17, 15) is 0 Å². The molecule has 0 aliphatic carbocycles. The van der Waals surface area contributed by atoms with E-state index in [2.05, 4.69) is 38.0 Å². The highest BCUT2D eigenvalue weighted by molar-refractivity contribution is 5.19. The van der Waals surface area contributed by atoms with E-state index in [0.29, 0.717) is 25.0 Å². The number of nitrogens with zero attached hydrogens (tertiary/aromatic N) is 1. The van der Waals surface area contributed by atoms with Crippen LogP contribution >= 0.6 is 0 Å². The fraction of sp³-hybridized carbons (Fsp3) is 0.706. The molecule has 0 aromatic carbocycles. The summed E-state index contributed by atoms with van der Waals surface area (Å²) < 4.78 is 11.1. The third-order valence-corrected chi connectivity index (χ3v) is 2.99. The lowest BCUT2D eigenvalue weighted by molar-refractivity contribution is 0.0924. The maximum atomic E-state index is 5.60. The van der Waals surface area contributed by atoms with Gasteiger partial charge in [0.05, 0.1) is 18.5 Å². The molecule has 0 aliphatic rings. The van der Waals surface area contributed by atoms with E-state index in [-0.39, 0.29) is 0 Å². The first-order valence-electron chi connectivity index (χ1n) is 7.94. The molecule has 0 spiro atoms. The Kier molecular flexibility index (Phi) is 9.02. The van der Waals surface area contributed by atoms with Crippen LogP contribution in [0.3, 0.4) is 0 Å². The molecule has 21 heavy (non-hydrogen) atoms. The van der Waals surface area contributed by atoms with Gasteiger partial charge in [0.1, 0.15) is 12.4 Å². The zero-order valence-electron chi connectivity index (χ0n) is 13.9. The summed E-state index contributed by atoms with van der Waals surface area (Å²) >= 11 is 0. The fourth-order valence-electron chi connectivity index (χ4n) is 1.73. The van der Waals surface area contributed by atoms with Gasteiger partial charge in [-0.05, 0) is 36.9 Å². The highest BCUT2D eigenvalue weighted by Gasteiger charge is 1.99. The van der Waals surface area contributed by atoms with Crippen molar-refractivity contribution in [1.82, 2.24) is 10.3 Å². The Morgan fingerprint density at radius 3 is 2.48 bits per heavy atom. The molecule has 4 heteroatoms. The van der Waals surface area contributed by atoms with E-state index < -0.39 is 0 Å². The van der Waals surface area contributed by atoms with Crippen LogP contribution in [-0.4, -0.2) is 31.3 Å². The van der Waals surface area contributed by atoms with E-state index in [4.69, 9.17) is 9.47 Å². The average molecular weight is 294 g/mol. The van der Waals surface area contributed by atoms with Crippen molar-refractivity contribution in [3.8, 4) is 5.75 Å². The van der Waals surface area contributed by atoms with Crippen LogP contribution in [0.2, 0.25) is 0 Å². The van der Waals surface area contributed by atoms with Gasteiger partial charge in [0.2, 0.25) is 0 Å². The summed E-state index contributed by atoms with van der Waals surface area (Å²) in [5, 5.41) is 3.37. The first kappa shape index (κ1) is 17.9. The van der Waals surface area contributed by atoms with Crippen LogP contribution in [0.15, 0.2) is 18.3 Å². The van der Waals surface area contributed by atoms with Gasteiger partial charge in [-0.3, -0.25) is 4.98 Å². The lowest BCUT2D eigenvalue weighted by Crippen LogP contribution is -2.19. The second-order valence-electron chi connectivity index (χ2n) is 6.15. The molecule has 0 saturated carbocycles. The summed E-state index contributed by atoms with van der Waals surface area (Å²) in [5.74, 6) is 2.14. The van der Waals surface area contributed by atoms with Gasteiger partial charge >= 0.3 is 0 Å². The van der Waals surface area contributed by atoms with Gasteiger partial charge in [-0.15, -0.1) is 0 Å². The smallest absolute Gasteiger partial charge is 0.137 e. The Balaban J connectivity index is 2.13. The Morgan fingerprint density at radius 1 is 1.05 bits per heavy atom. The van der Waals surface area contributed by atoms with Gasteiger partial charge in [0, 0.05) is 13.2 Å². The topological polar surface area (TPSA) is 43.4 Å². The lowest BCUT2D eigenvalue weighted by Gasteiger charge is -2.09. The minimum atomic E-state index is 0.574. The van der Waals surface area contributed by atoms with E-state index in [1.165, 1.54) is 0 Å². The molecule has 4 nitrogen and oxygen atoms in total. The number of hydrogen-bond acceptors (Lipinski definition) is 4. The lowest BCUT2D eigenvalue weighted by atomic mass is 10.1. The second-order valence-corrected chi connectivity index (χ2v) is 6.15. The third kappa shape index (κ3) is 9.43. The molecule has 0 fully saturated rings. The van der Waals surface area contributed by atoms with Crippen molar-refractivity contribution in [2.45, 2.75) is 40.7 Å². The SMILES string of the molecule is CC(C)CCOCCOc1ccc(CNCC(C)C)nc1. The van der Waals surface area contributed by atoms with Crippen molar-refractivity contribution >= 4 is 0 Å². The van der Waals surface area contributed by atoms with Crippen molar-refractivity contribution in [1.29, 1.82) is 0 Å². The number of pyridine rings is 1. The van der Waals surface area contributed by atoms with Gasteiger partial charge < -0.3 is 14.8 Å². The predicted molar refractivity (Wildman–Crippen MR) is 86.6 cm³/mol. The molecule has 0 amide bonds. The molecule has 120 valence electrons. The molecular formula is C17H30N2O2. The molecule has 1 aromatic rings. The number of ether oxygens (including phenoxy) is 2. The molecule has 0 unspecified atom stereocenters. The van der Waals surface area contributed by atoms with Gasteiger partial charge in [0.25, 0.3) is 0 Å². The monoisotopic (exact) mass is 294 g/mol. The first-order chi connectivity index (χ1) is 10.1. The second kappa shape index (κ2) is 10.6. The zero-order valence-corrected chi connectivity index (χ0v) is 13.9. The summed E-state index contributed by atoms with van der Waals surface area (Å²) in [5.41, 5.74) is 1.04. The quantitative estimate of drug-likeness (QED) is 0.636. The molecular weight excluding hydrogens is 264 g/mol. The van der Waals surface area contributed by atoms with Crippen molar-refractivity contribution in [2.24, 2.45) is 11.8 Å². The summed E-state index contributed by atoms with van der Waals surface area (Å²) in [6, 6.07) is 3.97. The van der Waals surface area contributed by atoms with Crippen LogP contribution in [-0.2, 0) is 11.3 Å². The van der Waals surface area contributed by atoms with E-state index in [1.807, 2.05) is 12.1 Å². The molecule has 0 radical (unpaired) electrons. The molecule has 1 aromatic heterocycles. The fourth-order valence-corrected chi connectivity index (χ4v) is 1.73. The van der Waals surface area contributed by atoms with Crippen LogP contribution in [0, 0.1) is 11.8 Å². The number of nitrogens with one attached hydrogen (secondary N) is 1. The van der Waals surface area contributed by atoms with Crippen molar-refractivity contribution in [3.63, 3.8) is 0 Å². The Labute approximate surface area is 129 Å². The Bertz CT molecular complexity index is 364. The summed E-state index contributed by atoms with van der Waals surface area (Å²) in [4.78, 5) is 4.39. The summed E-state index contributed by atoms with van der Waals surface area (Å²) in [7, 11) is 0. The highest BCUT2D eigenvalue weighted by Crippen LogP contribution is 2.09. The van der Waals surface area contributed by atoms with Crippen LogP contribution in [0.4, 0.5) is 0 Å². The van der Waals surface area contributed by atoms with Gasteiger partial charge in [0.15, 0.2) is 0 Å². The van der Waals surface area contributed by atoms with E-state index in [1.54, 1.807) is 6.20 Å². The molecule has 0 bridgehead atoms. The maximum Gasteiger partial charge on any atom is 0.137 e. The zero-order chi connectivity index (χ0) is 15.5. The van der Waals surface area contributed by atoms with E-state index >= 15 is 0 Å². The molecule has 0 aliphatic heterocycles. The average Bonchev–Trinajstić information content (AvgIpc) is 2.43. The van der Waals surface area contributed by atoms with Crippen LogP contribution in [0.1, 0.15) is 39.8 Å². The van der Waals surface area contributed by atoms with Crippen LogP contribution < -0.4 is 10.1 Å². The molecule has 0 atom stereocenters. The van der Waals surface area contributed by atoms with Crippen LogP contribution in [0.25, 0.3) is 0 Å². The largest absolute Gasteiger partial charge is 0.490 e. The van der Waals surface area contributed by atoms with Crippen molar-refractivity contribution in [3.05, 3.63) is 24.0 Å². The number of hydrogen-bond donors (Lipinski definition) is 1. The summed E-state index contributed by atoms with van der Waals surface area (Å²) in [6.07, 6.45) is 2.88. The first-order valence-corrected chi connectivity index (χ1v) is 7.94. The predicted octanol–water partition coefficient (Wildman–Crippen LogP) is 3.27. The minimum absolute atomic E-state index is 0.574. The van der Waals surface area contributed by atoms with Crippen LogP contribution in [0.5, 0.6) is 5.75 Å². The van der Waals surface area contributed by atoms with Crippen molar-refractivity contribution < 1.29 is 9.47 Å². The number of rotatable bonds is 11. The molecule has 1 N–H and O–H groups in total. The highest BCUT2D eigenvalue weighted by atomic mass is 16.5. The van der Waals surface area contributed by atoms with Gasteiger partial charge in [-0.2, -0.15) is 0 Å². The molecule has 0 saturated heterocycles. The standard InChI is InChI=1S/C17H30N2O2/c1-14(2)7-8-20-9-10-21-17-6-5-16(19-13-17)12-18-11-15(3)4/h5-6,13-15,18H,7-12H2,1-4H3.